The van der Waals surface area contributed by atoms with Crippen LogP contribution in [-0.4, -0.2) is 41.7 Å². The van der Waals surface area contributed by atoms with E-state index in [2.05, 4.69) is 0 Å². The lowest BCUT2D eigenvalue weighted by molar-refractivity contribution is -0.135. The van der Waals surface area contributed by atoms with E-state index >= 15 is 0 Å². The summed E-state index contributed by atoms with van der Waals surface area (Å²) in [5.41, 5.74) is 7.93. The molecule has 1 saturated heterocycles. The molecule has 0 unspecified atom stereocenters. The molecule has 0 spiro atoms. The predicted molar refractivity (Wildman–Crippen MR) is 77.2 cm³/mol. The molecule has 1 aromatic carbocycles. The molecule has 106 valence electrons. The normalized spacial score (nSPS) is 15.8. The van der Waals surface area contributed by atoms with E-state index in [0.29, 0.717) is 39.4 Å². The first kappa shape index (κ1) is 13.1. The highest BCUT2D eigenvalue weighted by molar-refractivity contribution is 5.85. The number of fused-ring (bicyclic) bond motifs is 1. The molecule has 20 heavy (non-hydrogen) atoms. The molecule has 0 bridgehead atoms. The number of nitrogens with zero attached hydrogens (tertiary/aromatic N) is 2. The first-order valence-corrected chi connectivity index (χ1v) is 6.92. The third kappa shape index (κ3) is 2.42. The van der Waals surface area contributed by atoms with Gasteiger partial charge in [0.2, 0.25) is 5.91 Å². The number of para-hydroxylation sites is 1. The Bertz CT molecular complexity index is 615. The maximum atomic E-state index is 12.3. The fourth-order valence-electron chi connectivity index (χ4n) is 2.70. The summed E-state index contributed by atoms with van der Waals surface area (Å²) >= 11 is 0. The number of carbonyl (C=O) groups excluding carboxylic acids is 1. The lowest BCUT2D eigenvalue weighted by Gasteiger charge is -2.27. The van der Waals surface area contributed by atoms with E-state index in [1.165, 1.54) is 0 Å². The minimum atomic E-state index is 0.137. The van der Waals surface area contributed by atoms with E-state index in [9.17, 15) is 4.79 Å². The van der Waals surface area contributed by atoms with Crippen LogP contribution in [0.25, 0.3) is 10.9 Å². The molecule has 1 aliphatic heterocycles. The Morgan fingerprint density at radius 1 is 1.25 bits per heavy atom. The zero-order valence-electron chi connectivity index (χ0n) is 11.4. The van der Waals surface area contributed by atoms with Crippen molar-refractivity contribution in [2.45, 2.75) is 13.1 Å². The fraction of sp³-hybridized carbons (Fsp3) is 0.400. The Hall–Kier alpha value is -1.85. The highest BCUT2D eigenvalue weighted by Gasteiger charge is 2.18. The van der Waals surface area contributed by atoms with Crippen LogP contribution >= 0.6 is 0 Å². The molecule has 0 aliphatic carbocycles. The molecule has 1 amide bonds. The maximum absolute atomic E-state index is 12.3. The van der Waals surface area contributed by atoms with Crippen LogP contribution in [0.1, 0.15) is 5.56 Å². The van der Waals surface area contributed by atoms with Gasteiger partial charge in [0.1, 0.15) is 6.54 Å². The lowest BCUT2D eigenvalue weighted by atomic mass is 10.1. The summed E-state index contributed by atoms with van der Waals surface area (Å²) in [6, 6.07) is 8.09. The van der Waals surface area contributed by atoms with Gasteiger partial charge in [-0.1, -0.05) is 18.2 Å². The van der Waals surface area contributed by atoms with Crippen molar-refractivity contribution in [2.75, 3.05) is 26.3 Å². The molecular weight excluding hydrogens is 254 g/mol. The monoisotopic (exact) mass is 273 g/mol. The number of hydrogen-bond acceptors (Lipinski definition) is 3. The van der Waals surface area contributed by atoms with Crippen molar-refractivity contribution in [1.82, 2.24) is 9.47 Å². The van der Waals surface area contributed by atoms with E-state index in [1.54, 1.807) is 0 Å². The summed E-state index contributed by atoms with van der Waals surface area (Å²) in [7, 11) is 0. The van der Waals surface area contributed by atoms with Gasteiger partial charge >= 0.3 is 0 Å². The Morgan fingerprint density at radius 2 is 2.05 bits per heavy atom. The van der Waals surface area contributed by atoms with Crippen LogP contribution in [0.5, 0.6) is 0 Å². The van der Waals surface area contributed by atoms with E-state index in [1.807, 2.05) is 39.9 Å². The Balaban J connectivity index is 1.85. The van der Waals surface area contributed by atoms with Crippen LogP contribution in [-0.2, 0) is 22.6 Å². The lowest BCUT2D eigenvalue weighted by Crippen LogP contribution is -2.42. The zero-order valence-corrected chi connectivity index (χ0v) is 11.4. The van der Waals surface area contributed by atoms with Gasteiger partial charge in [0.05, 0.1) is 18.7 Å². The van der Waals surface area contributed by atoms with Gasteiger partial charge in [0.15, 0.2) is 0 Å². The largest absolute Gasteiger partial charge is 0.378 e. The summed E-state index contributed by atoms with van der Waals surface area (Å²) in [6.07, 6.45) is 1.96. The SMILES string of the molecule is NCc1cccc2ccn(CC(=O)N3CCOCC3)c12. The number of carbonyl (C=O) groups is 1. The fourth-order valence-corrected chi connectivity index (χ4v) is 2.70. The van der Waals surface area contributed by atoms with Gasteiger partial charge in [-0.2, -0.15) is 0 Å². The third-order valence-corrected chi connectivity index (χ3v) is 3.76. The minimum absolute atomic E-state index is 0.137. The topological polar surface area (TPSA) is 60.5 Å². The predicted octanol–water partition coefficient (Wildman–Crippen LogP) is 0.959. The van der Waals surface area contributed by atoms with Crippen LogP contribution < -0.4 is 5.73 Å². The molecule has 1 aromatic heterocycles. The van der Waals surface area contributed by atoms with Crippen molar-refractivity contribution in [1.29, 1.82) is 0 Å². The van der Waals surface area contributed by atoms with Crippen LogP contribution in [0.3, 0.4) is 0 Å². The molecule has 5 heteroatoms. The number of nitrogens with two attached hydrogens (primary N) is 1. The van der Waals surface area contributed by atoms with Gasteiger partial charge < -0.3 is 19.9 Å². The molecule has 3 rings (SSSR count). The third-order valence-electron chi connectivity index (χ3n) is 3.76. The summed E-state index contributed by atoms with van der Waals surface area (Å²) in [4.78, 5) is 14.2. The number of hydrogen-bond donors (Lipinski definition) is 1. The van der Waals surface area contributed by atoms with Crippen LogP contribution in [0, 0.1) is 0 Å². The summed E-state index contributed by atoms with van der Waals surface area (Å²) in [6.45, 7) is 3.47. The second kappa shape index (κ2) is 5.64. The number of morpholine rings is 1. The van der Waals surface area contributed by atoms with Crippen molar-refractivity contribution < 1.29 is 9.53 Å². The highest BCUT2D eigenvalue weighted by Crippen LogP contribution is 2.20. The summed E-state index contributed by atoms with van der Waals surface area (Å²) in [5.74, 6) is 0.137. The standard InChI is InChI=1S/C15H19N3O2/c16-10-13-3-1-2-12-4-5-18(15(12)13)11-14(19)17-6-8-20-9-7-17/h1-5H,6-11,16H2. The number of aromatic nitrogens is 1. The van der Waals surface area contributed by atoms with E-state index < -0.39 is 0 Å². The van der Waals surface area contributed by atoms with Crippen LogP contribution in [0.2, 0.25) is 0 Å². The van der Waals surface area contributed by atoms with E-state index in [0.717, 1.165) is 16.5 Å². The minimum Gasteiger partial charge on any atom is -0.378 e. The maximum Gasteiger partial charge on any atom is 0.242 e. The molecule has 2 N–H and O–H groups in total. The van der Waals surface area contributed by atoms with Crippen LogP contribution in [0.4, 0.5) is 0 Å². The van der Waals surface area contributed by atoms with Gasteiger partial charge in [-0.25, -0.2) is 0 Å². The highest BCUT2D eigenvalue weighted by atomic mass is 16.5. The Morgan fingerprint density at radius 3 is 2.80 bits per heavy atom. The molecular formula is C15H19N3O2. The molecule has 1 aliphatic rings. The molecule has 2 heterocycles. The molecule has 2 aromatic rings. The first-order valence-electron chi connectivity index (χ1n) is 6.92. The molecule has 5 nitrogen and oxygen atoms in total. The van der Waals surface area contributed by atoms with Gasteiger partial charge in [-0.15, -0.1) is 0 Å². The number of rotatable bonds is 3. The first-order chi connectivity index (χ1) is 9.79. The van der Waals surface area contributed by atoms with E-state index in [-0.39, 0.29) is 5.91 Å². The van der Waals surface area contributed by atoms with Gasteiger partial charge in [-0.3, -0.25) is 4.79 Å². The number of benzene rings is 1. The summed E-state index contributed by atoms with van der Waals surface area (Å²) < 4.78 is 7.27. The van der Waals surface area contributed by atoms with Crippen LogP contribution in [0.15, 0.2) is 30.5 Å². The van der Waals surface area contributed by atoms with Crippen molar-refractivity contribution in [3.8, 4) is 0 Å². The summed E-state index contributed by atoms with van der Waals surface area (Å²) in [5, 5.41) is 1.13. The quantitative estimate of drug-likeness (QED) is 0.906. The van der Waals surface area contributed by atoms with Gasteiger partial charge in [-0.05, 0) is 17.0 Å². The van der Waals surface area contributed by atoms with Gasteiger partial charge in [0.25, 0.3) is 0 Å². The zero-order chi connectivity index (χ0) is 13.9. The van der Waals surface area contributed by atoms with Crippen molar-refractivity contribution in [3.05, 3.63) is 36.0 Å². The Kier molecular flexibility index (Phi) is 3.71. The molecule has 0 saturated carbocycles. The number of ether oxygens (including phenoxy) is 1. The second-order valence-electron chi connectivity index (χ2n) is 5.00. The van der Waals surface area contributed by atoms with Crippen molar-refractivity contribution in [2.24, 2.45) is 5.73 Å². The second-order valence-corrected chi connectivity index (χ2v) is 5.00. The van der Waals surface area contributed by atoms with Crippen molar-refractivity contribution in [3.63, 3.8) is 0 Å². The number of amides is 1. The van der Waals surface area contributed by atoms with Gasteiger partial charge in [0, 0.05) is 25.8 Å². The smallest absolute Gasteiger partial charge is 0.242 e. The molecule has 1 fully saturated rings. The molecule has 0 atom stereocenters. The van der Waals surface area contributed by atoms with E-state index in [4.69, 9.17) is 10.5 Å². The molecule has 0 radical (unpaired) electrons. The Labute approximate surface area is 117 Å². The average molecular weight is 273 g/mol. The average Bonchev–Trinajstić information content (AvgIpc) is 2.91. The van der Waals surface area contributed by atoms with Crippen molar-refractivity contribution >= 4 is 16.8 Å².